The Hall–Kier alpha value is -0.370. The summed E-state index contributed by atoms with van der Waals surface area (Å²) in [7, 11) is 1.98. The summed E-state index contributed by atoms with van der Waals surface area (Å²) in [6.07, 6.45) is 0. The third-order valence-electron chi connectivity index (χ3n) is 1.93. The number of carbonyl (C=O) groups is 1. The number of carbonyl (C=O) groups excluding carboxylic acids is 1. The van der Waals surface area contributed by atoms with Crippen LogP contribution in [-0.2, 0) is 4.79 Å². The minimum absolute atomic E-state index is 0.163. The molecule has 0 radical (unpaired) electrons. The summed E-state index contributed by atoms with van der Waals surface area (Å²) in [5, 5.41) is 0. The van der Waals surface area contributed by atoms with Crippen molar-refractivity contribution in [3.05, 3.63) is 0 Å². The predicted molar refractivity (Wildman–Crippen MR) is 47.6 cm³/mol. The highest BCUT2D eigenvalue weighted by Crippen LogP contribution is 1.99. The van der Waals surface area contributed by atoms with Crippen molar-refractivity contribution < 1.29 is 4.79 Å². The van der Waals surface area contributed by atoms with Gasteiger partial charge in [-0.15, -0.1) is 0 Å². The summed E-state index contributed by atoms with van der Waals surface area (Å²) in [6.45, 7) is 8.64. The predicted octanol–water partition coefficient (Wildman–Crippen LogP) is 1.55. The van der Waals surface area contributed by atoms with Gasteiger partial charge in [-0.2, -0.15) is 0 Å². The molecule has 2 nitrogen and oxygen atoms in total. The van der Waals surface area contributed by atoms with E-state index in [0.29, 0.717) is 18.4 Å². The lowest BCUT2D eigenvalue weighted by Crippen LogP contribution is -2.33. The van der Waals surface area contributed by atoms with Crippen LogP contribution in [0.3, 0.4) is 0 Å². The number of ketones is 1. The van der Waals surface area contributed by atoms with Gasteiger partial charge in [0.2, 0.25) is 0 Å². The Bertz CT molecular complexity index is 130. The van der Waals surface area contributed by atoms with Crippen LogP contribution >= 0.6 is 0 Å². The van der Waals surface area contributed by atoms with Crippen LogP contribution in [-0.4, -0.2) is 30.3 Å². The fourth-order valence-electron chi connectivity index (χ4n) is 0.611. The first-order chi connectivity index (χ1) is 4.95. The maximum atomic E-state index is 11.2. The number of Topliss-reactive ketones (excluding diaryl/α,β-unsaturated/α-hetero) is 1. The second-order valence-electron chi connectivity index (χ2n) is 3.63. The molecule has 0 aromatic rings. The monoisotopic (exact) mass is 157 g/mol. The smallest absolute Gasteiger partial charge is 0.149 e. The van der Waals surface area contributed by atoms with Crippen LogP contribution in [0.5, 0.6) is 0 Å². The molecule has 0 aromatic heterocycles. The lowest BCUT2D eigenvalue weighted by atomic mass is 10.1. The third-order valence-corrected chi connectivity index (χ3v) is 1.93. The molecule has 0 aliphatic carbocycles. The first-order valence-electron chi connectivity index (χ1n) is 4.18. The van der Waals surface area contributed by atoms with Crippen LogP contribution in [0.15, 0.2) is 0 Å². The molecule has 0 atom stereocenters. The Labute approximate surface area is 69.6 Å². The van der Waals surface area contributed by atoms with Crippen molar-refractivity contribution in [2.24, 2.45) is 5.92 Å². The lowest BCUT2D eigenvalue weighted by Gasteiger charge is -2.20. The number of nitrogens with zero attached hydrogens (tertiary/aromatic N) is 1. The van der Waals surface area contributed by atoms with Gasteiger partial charge in [-0.1, -0.05) is 13.8 Å². The summed E-state index contributed by atoms with van der Waals surface area (Å²) in [5.74, 6) is 0.484. The molecule has 0 bridgehead atoms. The summed E-state index contributed by atoms with van der Waals surface area (Å²) in [5.41, 5.74) is 0. The lowest BCUT2D eigenvalue weighted by molar-refractivity contribution is -0.123. The van der Waals surface area contributed by atoms with E-state index in [1.165, 1.54) is 0 Å². The Morgan fingerprint density at radius 2 is 1.73 bits per heavy atom. The molecule has 0 spiro atoms. The fraction of sp³-hybridized carbons (Fsp3) is 0.889. The van der Waals surface area contributed by atoms with Crippen molar-refractivity contribution in [3.8, 4) is 0 Å². The van der Waals surface area contributed by atoms with Crippen LogP contribution < -0.4 is 0 Å². The van der Waals surface area contributed by atoms with E-state index in [1.54, 1.807) is 0 Å². The van der Waals surface area contributed by atoms with Crippen LogP contribution in [0.2, 0.25) is 0 Å². The van der Waals surface area contributed by atoms with E-state index in [9.17, 15) is 4.79 Å². The number of likely N-dealkylation sites (N-methyl/N-ethyl adjacent to an activating group) is 1. The van der Waals surface area contributed by atoms with E-state index in [0.717, 1.165) is 0 Å². The zero-order valence-electron chi connectivity index (χ0n) is 8.22. The van der Waals surface area contributed by atoms with Crippen LogP contribution in [0.1, 0.15) is 27.7 Å². The van der Waals surface area contributed by atoms with Crippen molar-refractivity contribution in [3.63, 3.8) is 0 Å². The van der Waals surface area contributed by atoms with E-state index in [-0.39, 0.29) is 5.92 Å². The molecule has 11 heavy (non-hydrogen) atoms. The summed E-state index contributed by atoms with van der Waals surface area (Å²) < 4.78 is 0. The minimum Gasteiger partial charge on any atom is -0.298 e. The van der Waals surface area contributed by atoms with Gasteiger partial charge in [0.15, 0.2) is 0 Å². The normalized spacial score (nSPS) is 11.6. The summed E-state index contributed by atoms with van der Waals surface area (Å²) >= 11 is 0. The molecule has 0 saturated heterocycles. The largest absolute Gasteiger partial charge is 0.298 e. The molecule has 0 rings (SSSR count). The van der Waals surface area contributed by atoms with Gasteiger partial charge in [-0.05, 0) is 20.9 Å². The first kappa shape index (κ1) is 10.6. The maximum Gasteiger partial charge on any atom is 0.149 e. The zero-order chi connectivity index (χ0) is 9.02. The Morgan fingerprint density at radius 1 is 1.27 bits per heavy atom. The third kappa shape index (κ3) is 4.14. The van der Waals surface area contributed by atoms with Gasteiger partial charge in [0, 0.05) is 12.0 Å². The number of rotatable bonds is 4. The van der Waals surface area contributed by atoms with E-state index >= 15 is 0 Å². The van der Waals surface area contributed by atoms with E-state index in [1.807, 2.05) is 20.9 Å². The zero-order valence-corrected chi connectivity index (χ0v) is 8.22. The second kappa shape index (κ2) is 4.50. The molecule has 0 aliphatic rings. The van der Waals surface area contributed by atoms with Gasteiger partial charge < -0.3 is 0 Å². The summed E-state index contributed by atoms with van der Waals surface area (Å²) in [6, 6.07) is 0.456. The molecule has 0 heterocycles. The molecular weight excluding hydrogens is 138 g/mol. The van der Waals surface area contributed by atoms with Gasteiger partial charge in [0.1, 0.15) is 5.78 Å². The SMILES string of the molecule is CC(C)C(=O)CN(C)C(C)C. The molecule has 0 N–H and O–H groups in total. The fourth-order valence-corrected chi connectivity index (χ4v) is 0.611. The van der Waals surface area contributed by atoms with Crippen molar-refractivity contribution in [1.82, 2.24) is 4.90 Å². The van der Waals surface area contributed by atoms with Gasteiger partial charge in [-0.25, -0.2) is 0 Å². The van der Waals surface area contributed by atoms with Crippen LogP contribution in [0.25, 0.3) is 0 Å². The minimum atomic E-state index is 0.163. The van der Waals surface area contributed by atoms with E-state index in [4.69, 9.17) is 0 Å². The average Bonchev–Trinajstić information content (AvgIpc) is 1.87. The van der Waals surface area contributed by atoms with Gasteiger partial charge in [0.25, 0.3) is 0 Å². The molecule has 0 fully saturated rings. The van der Waals surface area contributed by atoms with Gasteiger partial charge in [-0.3, -0.25) is 9.69 Å². The van der Waals surface area contributed by atoms with E-state index in [2.05, 4.69) is 18.7 Å². The van der Waals surface area contributed by atoms with E-state index < -0.39 is 0 Å². The number of hydrogen-bond donors (Lipinski definition) is 0. The van der Waals surface area contributed by atoms with Gasteiger partial charge >= 0.3 is 0 Å². The Kier molecular flexibility index (Phi) is 4.34. The van der Waals surface area contributed by atoms with Crippen LogP contribution in [0, 0.1) is 5.92 Å². The van der Waals surface area contributed by atoms with Crippen LogP contribution in [0.4, 0.5) is 0 Å². The first-order valence-corrected chi connectivity index (χ1v) is 4.18. The standard InChI is InChI=1S/C9H19NO/c1-7(2)9(11)6-10(5)8(3)4/h7-8H,6H2,1-5H3. The van der Waals surface area contributed by atoms with Gasteiger partial charge in [0.05, 0.1) is 6.54 Å². The molecule has 2 heteroatoms. The molecule has 0 amide bonds. The van der Waals surface area contributed by atoms with Crippen molar-refractivity contribution in [2.45, 2.75) is 33.7 Å². The highest BCUT2D eigenvalue weighted by molar-refractivity contribution is 5.82. The Morgan fingerprint density at radius 3 is 2.00 bits per heavy atom. The molecular formula is C9H19NO. The highest BCUT2D eigenvalue weighted by atomic mass is 16.1. The molecule has 0 unspecified atom stereocenters. The Balaban J connectivity index is 3.76. The average molecular weight is 157 g/mol. The topological polar surface area (TPSA) is 20.3 Å². The molecule has 0 aromatic carbocycles. The maximum absolute atomic E-state index is 11.2. The highest BCUT2D eigenvalue weighted by Gasteiger charge is 2.11. The number of hydrogen-bond acceptors (Lipinski definition) is 2. The molecule has 0 aliphatic heterocycles. The van der Waals surface area contributed by atoms with Crippen molar-refractivity contribution >= 4 is 5.78 Å². The quantitative estimate of drug-likeness (QED) is 0.617. The molecule has 66 valence electrons. The molecule has 0 saturated carbocycles. The summed E-state index contributed by atoms with van der Waals surface area (Å²) in [4.78, 5) is 13.3. The second-order valence-corrected chi connectivity index (χ2v) is 3.63. The van der Waals surface area contributed by atoms with Crippen molar-refractivity contribution in [1.29, 1.82) is 0 Å². The van der Waals surface area contributed by atoms with Crippen molar-refractivity contribution in [2.75, 3.05) is 13.6 Å².